The maximum atomic E-state index is 11.4. The summed E-state index contributed by atoms with van der Waals surface area (Å²) in [5.41, 5.74) is 1.98. The molecule has 0 aliphatic heterocycles. The third kappa shape index (κ3) is 10.1. The van der Waals surface area contributed by atoms with Gasteiger partial charge in [-0.1, -0.05) is 39.0 Å². The molecule has 0 bridgehead atoms. The first-order valence-corrected chi connectivity index (χ1v) is 9.18. The van der Waals surface area contributed by atoms with Gasteiger partial charge in [0, 0.05) is 32.0 Å². The van der Waals surface area contributed by atoms with Crippen LogP contribution in [0.3, 0.4) is 0 Å². The highest BCUT2D eigenvalue weighted by Gasteiger charge is 2.00. The number of hydrogen-bond donors (Lipinski definition) is 2. The summed E-state index contributed by atoms with van der Waals surface area (Å²) < 4.78 is 0. The first-order valence-electron chi connectivity index (χ1n) is 9.18. The molecule has 1 heterocycles. The van der Waals surface area contributed by atoms with Crippen molar-refractivity contribution < 1.29 is 4.79 Å². The molecule has 24 heavy (non-hydrogen) atoms. The molecule has 0 aromatic carbocycles. The zero-order valence-electron chi connectivity index (χ0n) is 15.2. The van der Waals surface area contributed by atoms with E-state index >= 15 is 0 Å². The highest BCUT2D eigenvalue weighted by atomic mass is 16.1. The van der Waals surface area contributed by atoms with Crippen LogP contribution in [0.15, 0.2) is 23.3 Å². The number of aliphatic imine (C=N–C) groups is 1. The number of pyridine rings is 1. The predicted molar refractivity (Wildman–Crippen MR) is 100 cm³/mol. The maximum absolute atomic E-state index is 11.4. The van der Waals surface area contributed by atoms with Crippen molar-refractivity contribution in [3.8, 4) is 0 Å². The molecule has 0 fully saturated rings. The highest BCUT2D eigenvalue weighted by molar-refractivity contribution is 5.79. The van der Waals surface area contributed by atoms with Crippen LogP contribution in [0.5, 0.6) is 0 Å². The second kappa shape index (κ2) is 13.7. The molecule has 0 unspecified atom stereocenters. The van der Waals surface area contributed by atoms with Crippen LogP contribution in [0.25, 0.3) is 0 Å². The summed E-state index contributed by atoms with van der Waals surface area (Å²) in [6, 6.07) is 3.97. The van der Waals surface area contributed by atoms with Crippen molar-refractivity contribution in [3.05, 3.63) is 29.6 Å². The zero-order valence-corrected chi connectivity index (χ0v) is 15.2. The average molecular weight is 332 g/mol. The van der Waals surface area contributed by atoms with E-state index < -0.39 is 0 Å². The van der Waals surface area contributed by atoms with Crippen molar-refractivity contribution in [2.24, 2.45) is 4.99 Å². The number of likely N-dealkylation sites (N-methyl/N-ethyl adjacent to an activating group) is 1. The highest BCUT2D eigenvalue weighted by Crippen LogP contribution is 2.05. The van der Waals surface area contributed by atoms with Crippen LogP contribution in [-0.2, 0) is 11.3 Å². The smallest absolute Gasteiger partial charge is 0.233 e. The molecule has 0 saturated carbocycles. The van der Waals surface area contributed by atoms with Gasteiger partial charge in [-0.3, -0.25) is 14.8 Å². The van der Waals surface area contributed by atoms with Crippen LogP contribution in [0.4, 0.5) is 0 Å². The minimum absolute atomic E-state index is 0.00848. The van der Waals surface area contributed by atoms with Crippen molar-refractivity contribution in [1.29, 1.82) is 0 Å². The van der Waals surface area contributed by atoms with E-state index in [1.165, 1.54) is 32.1 Å². The van der Waals surface area contributed by atoms with E-state index in [-0.39, 0.29) is 5.91 Å². The summed E-state index contributed by atoms with van der Waals surface area (Å²) in [4.78, 5) is 20.2. The molecule has 0 saturated heterocycles. The molecule has 0 spiro atoms. The Morgan fingerprint density at radius 1 is 1.21 bits per heavy atom. The van der Waals surface area contributed by atoms with Crippen molar-refractivity contribution in [1.82, 2.24) is 15.6 Å². The molecule has 2 N–H and O–H groups in total. The number of aromatic nitrogens is 1. The molecule has 0 aliphatic rings. The number of hydrogen-bond acceptors (Lipinski definition) is 4. The fourth-order valence-electron chi connectivity index (χ4n) is 2.39. The Kier molecular flexibility index (Phi) is 11.6. The molecule has 5 nitrogen and oxygen atoms in total. The van der Waals surface area contributed by atoms with Gasteiger partial charge in [-0.2, -0.15) is 0 Å². The van der Waals surface area contributed by atoms with Crippen molar-refractivity contribution in [3.63, 3.8) is 0 Å². The van der Waals surface area contributed by atoms with Gasteiger partial charge < -0.3 is 10.6 Å². The summed E-state index contributed by atoms with van der Waals surface area (Å²) >= 11 is 0. The number of carbonyl (C=O) groups excluding carboxylic acids is 1. The van der Waals surface area contributed by atoms with E-state index in [4.69, 9.17) is 0 Å². The number of unbranched alkanes of at least 4 members (excludes halogenated alkanes) is 5. The third-order valence-corrected chi connectivity index (χ3v) is 3.69. The summed E-state index contributed by atoms with van der Waals surface area (Å²) in [6.07, 6.45) is 11.4. The van der Waals surface area contributed by atoms with Crippen LogP contribution in [0.1, 0.15) is 63.6 Å². The molecule has 1 rings (SSSR count). The first-order chi connectivity index (χ1) is 11.8. The van der Waals surface area contributed by atoms with Gasteiger partial charge in [0.15, 0.2) is 0 Å². The molecule has 5 heteroatoms. The minimum atomic E-state index is 0.00848. The number of nitrogens with one attached hydrogen (secondary N) is 2. The van der Waals surface area contributed by atoms with Gasteiger partial charge in [0.05, 0.1) is 12.2 Å². The molecule has 134 valence electrons. The van der Waals surface area contributed by atoms with Crippen LogP contribution >= 0.6 is 0 Å². The quantitative estimate of drug-likeness (QED) is 0.431. The maximum Gasteiger partial charge on any atom is 0.233 e. The van der Waals surface area contributed by atoms with E-state index in [0.717, 1.165) is 24.2 Å². The standard InChI is InChI=1S/C19H32N4O/c1-3-5-6-7-8-9-11-20-14-17-10-12-23-18(13-17)15-21-16-19(24)22-4-2/h10,12-14,21H,3-9,11,15-16H2,1-2H3,(H,22,24). The molecule has 1 aromatic heterocycles. The second-order valence-corrected chi connectivity index (χ2v) is 5.94. The fourth-order valence-corrected chi connectivity index (χ4v) is 2.39. The number of rotatable bonds is 13. The van der Waals surface area contributed by atoms with Gasteiger partial charge in [0.25, 0.3) is 0 Å². The van der Waals surface area contributed by atoms with Gasteiger partial charge in [-0.15, -0.1) is 0 Å². The van der Waals surface area contributed by atoms with E-state index in [9.17, 15) is 4.79 Å². The van der Waals surface area contributed by atoms with Crippen molar-refractivity contribution in [2.75, 3.05) is 19.6 Å². The van der Waals surface area contributed by atoms with Gasteiger partial charge in [-0.05, 0) is 31.0 Å². The third-order valence-electron chi connectivity index (χ3n) is 3.69. The molecular formula is C19H32N4O. The Morgan fingerprint density at radius 3 is 2.79 bits per heavy atom. The minimum Gasteiger partial charge on any atom is -0.355 e. The SMILES string of the molecule is CCCCCCCCN=Cc1ccnc(CNCC(=O)NCC)c1. The van der Waals surface area contributed by atoms with Crippen LogP contribution < -0.4 is 10.6 Å². The normalized spacial score (nSPS) is 11.1. The van der Waals surface area contributed by atoms with E-state index in [1.54, 1.807) is 6.20 Å². The van der Waals surface area contributed by atoms with Crippen molar-refractivity contribution >= 4 is 12.1 Å². The van der Waals surface area contributed by atoms with Crippen molar-refractivity contribution in [2.45, 2.75) is 58.9 Å². The summed E-state index contributed by atoms with van der Waals surface area (Å²) in [7, 11) is 0. The second-order valence-electron chi connectivity index (χ2n) is 5.94. The summed E-state index contributed by atoms with van der Waals surface area (Å²) in [5, 5.41) is 5.85. The Labute approximate surface area is 146 Å². The number of carbonyl (C=O) groups is 1. The van der Waals surface area contributed by atoms with E-state index in [0.29, 0.717) is 19.6 Å². The van der Waals surface area contributed by atoms with E-state index in [2.05, 4.69) is 27.5 Å². The largest absolute Gasteiger partial charge is 0.355 e. The number of amides is 1. The zero-order chi connectivity index (χ0) is 17.5. The Morgan fingerprint density at radius 2 is 2.00 bits per heavy atom. The fraction of sp³-hybridized carbons (Fsp3) is 0.632. The topological polar surface area (TPSA) is 66.4 Å². The molecular weight excluding hydrogens is 300 g/mol. The first kappa shape index (κ1) is 20.3. The Balaban J connectivity index is 2.24. The monoisotopic (exact) mass is 332 g/mol. The molecule has 1 amide bonds. The lowest BCUT2D eigenvalue weighted by Gasteiger charge is -2.05. The van der Waals surface area contributed by atoms with Gasteiger partial charge in [-0.25, -0.2) is 0 Å². The molecule has 0 aliphatic carbocycles. The average Bonchev–Trinajstić information content (AvgIpc) is 2.58. The molecule has 0 atom stereocenters. The summed E-state index contributed by atoms with van der Waals surface area (Å²) in [5.74, 6) is 0.00848. The molecule has 1 aromatic rings. The lowest BCUT2D eigenvalue weighted by molar-refractivity contribution is -0.120. The number of nitrogens with zero attached hydrogens (tertiary/aromatic N) is 2. The van der Waals surface area contributed by atoms with E-state index in [1.807, 2.05) is 25.3 Å². The Bertz CT molecular complexity index is 488. The Hall–Kier alpha value is -1.75. The van der Waals surface area contributed by atoms with Crippen LogP contribution in [0.2, 0.25) is 0 Å². The lowest BCUT2D eigenvalue weighted by atomic mass is 10.1. The van der Waals surface area contributed by atoms with Gasteiger partial charge in [0.2, 0.25) is 5.91 Å². The van der Waals surface area contributed by atoms with Crippen LogP contribution in [0, 0.1) is 0 Å². The predicted octanol–water partition coefficient (Wildman–Crippen LogP) is 3.09. The van der Waals surface area contributed by atoms with Gasteiger partial charge >= 0.3 is 0 Å². The molecule has 0 radical (unpaired) electrons. The van der Waals surface area contributed by atoms with Crippen LogP contribution in [-0.4, -0.2) is 36.7 Å². The summed E-state index contributed by atoms with van der Waals surface area (Å²) in [6.45, 7) is 6.58. The van der Waals surface area contributed by atoms with Gasteiger partial charge in [0.1, 0.15) is 0 Å². The lowest BCUT2D eigenvalue weighted by Crippen LogP contribution is -2.33.